The van der Waals surface area contributed by atoms with Crippen molar-refractivity contribution in [3.05, 3.63) is 65.2 Å². The molecular weight excluding hydrogens is 312 g/mol. The van der Waals surface area contributed by atoms with Gasteiger partial charge in [0.05, 0.1) is 0 Å². The van der Waals surface area contributed by atoms with E-state index in [4.69, 9.17) is 23.8 Å². The van der Waals surface area contributed by atoms with E-state index in [9.17, 15) is 0 Å². The second-order valence-corrected chi connectivity index (χ2v) is 6.43. The first kappa shape index (κ1) is 15.3. The fourth-order valence-corrected chi connectivity index (χ4v) is 3.30. The van der Waals surface area contributed by atoms with E-state index in [0.29, 0.717) is 5.92 Å². The third kappa shape index (κ3) is 3.79. The molecule has 114 valence electrons. The number of hydrogen-bond donors (Lipinski definition) is 1. The highest BCUT2D eigenvalue weighted by atomic mass is 35.5. The van der Waals surface area contributed by atoms with Crippen LogP contribution in [-0.2, 0) is 0 Å². The third-order valence-electron chi connectivity index (χ3n) is 4.15. The fourth-order valence-electron chi connectivity index (χ4n) is 2.88. The minimum atomic E-state index is 0.649. The van der Waals surface area contributed by atoms with E-state index >= 15 is 0 Å². The Hall–Kier alpha value is -1.58. The fraction of sp³-hybridized carbons (Fsp3) is 0.278. The zero-order valence-electron chi connectivity index (χ0n) is 12.3. The van der Waals surface area contributed by atoms with Gasteiger partial charge in [-0.3, -0.25) is 0 Å². The smallest absolute Gasteiger partial charge is 0.173 e. The lowest BCUT2D eigenvalue weighted by Crippen LogP contribution is -2.40. The van der Waals surface area contributed by atoms with E-state index in [-0.39, 0.29) is 0 Å². The van der Waals surface area contributed by atoms with E-state index in [1.807, 2.05) is 24.3 Å². The normalized spacial score (nSPS) is 15.6. The number of benzene rings is 2. The van der Waals surface area contributed by atoms with E-state index in [0.717, 1.165) is 41.8 Å². The zero-order chi connectivity index (χ0) is 15.4. The Morgan fingerprint density at radius 1 is 1.00 bits per heavy atom. The number of hydrogen-bond acceptors (Lipinski definition) is 1. The molecule has 1 heterocycles. The highest BCUT2D eigenvalue weighted by Gasteiger charge is 2.21. The minimum Gasteiger partial charge on any atom is -0.349 e. The molecule has 0 aromatic heterocycles. The van der Waals surface area contributed by atoms with Gasteiger partial charge in [0.15, 0.2) is 5.11 Å². The van der Waals surface area contributed by atoms with E-state index in [1.165, 1.54) is 5.56 Å². The molecule has 1 fully saturated rings. The van der Waals surface area contributed by atoms with Crippen molar-refractivity contribution < 1.29 is 0 Å². The van der Waals surface area contributed by atoms with Crippen molar-refractivity contribution in [2.75, 3.05) is 18.4 Å². The number of nitrogens with zero attached hydrogens (tertiary/aromatic N) is 1. The van der Waals surface area contributed by atoms with Crippen LogP contribution in [-0.4, -0.2) is 23.1 Å². The van der Waals surface area contributed by atoms with Crippen molar-refractivity contribution in [1.82, 2.24) is 4.90 Å². The van der Waals surface area contributed by atoms with Gasteiger partial charge in [-0.25, -0.2) is 0 Å². The van der Waals surface area contributed by atoms with Crippen LogP contribution in [0.2, 0.25) is 5.02 Å². The van der Waals surface area contributed by atoms with Gasteiger partial charge in [-0.15, -0.1) is 0 Å². The molecule has 0 aliphatic carbocycles. The summed E-state index contributed by atoms with van der Waals surface area (Å²) in [6, 6.07) is 18.4. The van der Waals surface area contributed by atoms with Crippen LogP contribution < -0.4 is 5.32 Å². The van der Waals surface area contributed by atoms with Gasteiger partial charge < -0.3 is 10.2 Å². The highest BCUT2D eigenvalue weighted by Crippen LogP contribution is 2.28. The standard InChI is InChI=1S/C18H19ClN2S/c19-16-6-8-17(9-7-16)20-18(22)21-12-10-15(11-13-21)14-4-2-1-3-5-14/h1-9,15H,10-13H2,(H,20,22). The quantitative estimate of drug-likeness (QED) is 0.787. The van der Waals surface area contributed by atoms with Crippen LogP contribution in [0.1, 0.15) is 24.3 Å². The first-order valence-electron chi connectivity index (χ1n) is 7.59. The van der Waals surface area contributed by atoms with Gasteiger partial charge in [-0.05, 0) is 60.8 Å². The summed E-state index contributed by atoms with van der Waals surface area (Å²) in [4.78, 5) is 2.25. The van der Waals surface area contributed by atoms with E-state index in [1.54, 1.807) is 0 Å². The molecule has 2 aromatic rings. The van der Waals surface area contributed by atoms with Gasteiger partial charge in [-0.1, -0.05) is 41.9 Å². The molecule has 4 heteroatoms. The Labute approximate surface area is 142 Å². The zero-order valence-corrected chi connectivity index (χ0v) is 13.9. The number of piperidine rings is 1. The monoisotopic (exact) mass is 330 g/mol. The predicted molar refractivity (Wildman–Crippen MR) is 97.7 cm³/mol. The maximum absolute atomic E-state index is 5.90. The van der Waals surface area contributed by atoms with Gasteiger partial charge in [0.25, 0.3) is 0 Å². The lowest BCUT2D eigenvalue weighted by molar-refractivity contribution is 0.317. The number of rotatable bonds is 2. The van der Waals surface area contributed by atoms with Gasteiger partial charge in [0.1, 0.15) is 0 Å². The molecule has 0 bridgehead atoms. The Morgan fingerprint density at radius 3 is 2.27 bits per heavy atom. The van der Waals surface area contributed by atoms with Crippen molar-refractivity contribution in [3.63, 3.8) is 0 Å². The molecule has 0 unspecified atom stereocenters. The lowest BCUT2D eigenvalue weighted by atomic mass is 9.90. The number of anilines is 1. The molecule has 0 spiro atoms. The number of likely N-dealkylation sites (tertiary alicyclic amines) is 1. The van der Waals surface area contributed by atoms with Crippen molar-refractivity contribution in [2.45, 2.75) is 18.8 Å². The predicted octanol–water partition coefficient (Wildman–Crippen LogP) is 4.92. The first-order chi connectivity index (χ1) is 10.7. The summed E-state index contributed by atoms with van der Waals surface area (Å²) in [5.41, 5.74) is 2.43. The third-order valence-corrected chi connectivity index (χ3v) is 4.76. The summed E-state index contributed by atoms with van der Waals surface area (Å²) in [5.74, 6) is 0.649. The van der Waals surface area contributed by atoms with Gasteiger partial charge in [0.2, 0.25) is 0 Å². The molecule has 0 radical (unpaired) electrons. The van der Waals surface area contributed by atoms with Crippen LogP contribution in [0.3, 0.4) is 0 Å². The van der Waals surface area contributed by atoms with E-state index < -0.39 is 0 Å². The summed E-state index contributed by atoms with van der Waals surface area (Å²) in [6.45, 7) is 2.00. The average Bonchev–Trinajstić information content (AvgIpc) is 2.58. The van der Waals surface area contributed by atoms with Crippen molar-refractivity contribution >= 4 is 34.6 Å². The van der Waals surface area contributed by atoms with E-state index in [2.05, 4.69) is 40.5 Å². The molecule has 1 N–H and O–H groups in total. The molecular formula is C18H19ClN2S. The summed E-state index contributed by atoms with van der Waals surface area (Å²) in [7, 11) is 0. The molecule has 1 saturated heterocycles. The molecule has 1 aliphatic heterocycles. The molecule has 0 saturated carbocycles. The number of thiocarbonyl (C=S) groups is 1. The van der Waals surface area contributed by atoms with Crippen LogP contribution in [0.15, 0.2) is 54.6 Å². The van der Waals surface area contributed by atoms with Crippen LogP contribution in [0, 0.1) is 0 Å². The van der Waals surface area contributed by atoms with Crippen molar-refractivity contribution in [3.8, 4) is 0 Å². The summed E-state index contributed by atoms with van der Waals surface area (Å²) in [6.07, 6.45) is 2.29. The van der Waals surface area contributed by atoms with Crippen molar-refractivity contribution in [1.29, 1.82) is 0 Å². The number of nitrogens with one attached hydrogen (secondary N) is 1. The summed E-state index contributed by atoms with van der Waals surface area (Å²) < 4.78 is 0. The molecule has 2 nitrogen and oxygen atoms in total. The van der Waals surface area contributed by atoms with Crippen LogP contribution in [0.25, 0.3) is 0 Å². The Kier molecular flexibility index (Phi) is 4.96. The van der Waals surface area contributed by atoms with Gasteiger partial charge in [0, 0.05) is 23.8 Å². The Bertz CT molecular complexity index is 619. The maximum Gasteiger partial charge on any atom is 0.173 e. The average molecular weight is 331 g/mol. The molecule has 3 rings (SSSR count). The Balaban J connectivity index is 1.54. The molecule has 0 atom stereocenters. The minimum absolute atomic E-state index is 0.649. The SMILES string of the molecule is S=C(Nc1ccc(Cl)cc1)N1CCC(c2ccccc2)CC1. The van der Waals surface area contributed by atoms with Gasteiger partial charge in [-0.2, -0.15) is 0 Å². The topological polar surface area (TPSA) is 15.3 Å². The Morgan fingerprint density at radius 2 is 1.64 bits per heavy atom. The summed E-state index contributed by atoms with van der Waals surface area (Å²) >= 11 is 11.4. The number of halogens is 1. The molecule has 2 aromatic carbocycles. The molecule has 22 heavy (non-hydrogen) atoms. The molecule has 1 aliphatic rings. The lowest BCUT2D eigenvalue weighted by Gasteiger charge is -2.34. The largest absolute Gasteiger partial charge is 0.349 e. The van der Waals surface area contributed by atoms with Crippen LogP contribution in [0.5, 0.6) is 0 Å². The van der Waals surface area contributed by atoms with Crippen LogP contribution >= 0.6 is 23.8 Å². The summed E-state index contributed by atoms with van der Waals surface area (Å²) in [5, 5.41) is 4.83. The molecule has 0 amide bonds. The highest BCUT2D eigenvalue weighted by molar-refractivity contribution is 7.80. The second kappa shape index (κ2) is 7.12. The van der Waals surface area contributed by atoms with Crippen molar-refractivity contribution in [2.24, 2.45) is 0 Å². The maximum atomic E-state index is 5.90. The first-order valence-corrected chi connectivity index (χ1v) is 8.37. The van der Waals surface area contributed by atoms with Crippen LogP contribution in [0.4, 0.5) is 5.69 Å². The van der Waals surface area contributed by atoms with Gasteiger partial charge >= 0.3 is 0 Å². The second-order valence-electron chi connectivity index (χ2n) is 5.61.